The van der Waals surface area contributed by atoms with Crippen molar-refractivity contribution in [3.63, 3.8) is 0 Å². The van der Waals surface area contributed by atoms with Gasteiger partial charge in [-0.05, 0) is 39.5 Å². The van der Waals surface area contributed by atoms with Gasteiger partial charge in [-0.1, -0.05) is 13.8 Å². The maximum atomic E-state index is 12.0. The third-order valence-corrected chi connectivity index (χ3v) is 4.31. The van der Waals surface area contributed by atoms with Crippen LogP contribution in [-0.4, -0.2) is 41.6 Å². The molecule has 5 nitrogen and oxygen atoms in total. The molecule has 2 aliphatic heterocycles. The Labute approximate surface area is 121 Å². The quantitative estimate of drug-likeness (QED) is 0.750. The predicted octanol–water partition coefficient (Wildman–Crippen LogP) is 2.16. The van der Waals surface area contributed by atoms with Crippen molar-refractivity contribution in [2.75, 3.05) is 13.1 Å². The van der Waals surface area contributed by atoms with Crippen LogP contribution in [0.5, 0.6) is 0 Å². The van der Waals surface area contributed by atoms with E-state index in [1.54, 1.807) is 4.90 Å². The molecular weight excluding hydrogens is 256 g/mol. The standard InChI is InChI=1S/C15H26N2O3/c1-10(2)11-15(12(18)16-11)6-8-17(9-7-15)13(19)20-14(3,4)5/h10-11H,6-9H2,1-5H3,(H,16,18). The summed E-state index contributed by atoms with van der Waals surface area (Å²) in [6.07, 6.45) is 1.20. The topological polar surface area (TPSA) is 58.6 Å². The van der Waals surface area contributed by atoms with E-state index in [0.29, 0.717) is 19.0 Å². The lowest BCUT2D eigenvalue weighted by atomic mass is 9.63. The minimum Gasteiger partial charge on any atom is -0.444 e. The van der Waals surface area contributed by atoms with Crippen LogP contribution in [-0.2, 0) is 9.53 Å². The Kier molecular flexibility index (Phi) is 3.73. The van der Waals surface area contributed by atoms with Gasteiger partial charge in [0.2, 0.25) is 5.91 Å². The normalized spacial score (nSPS) is 25.4. The second kappa shape index (κ2) is 4.93. The first-order valence-corrected chi connectivity index (χ1v) is 7.45. The number of likely N-dealkylation sites (tertiary alicyclic amines) is 1. The lowest BCUT2D eigenvalue weighted by molar-refractivity contribution is -0.153. The van der Waals surface area contributed by atoms with Crippen molar-refractivity contribution in [1.29, 1.82) is 0 Å². The smallest absolute Gasteiger partial charge is 0.410 e. The number of amides is 2. The number of carbonyl (C=O) groups is 2. The maximum absolute atomic E-state index is 12.0. The van der Waals surface area contributed by atoms with Gasteiger partial charge in [0, 0.05) is 19.1 Å². The van der Waals surface area contributed by atoms with E-state index < -0.39 is 5.60 Å². The van der Waals surface area contributed by atoms with Gasteiger partial charge < -0.3 is 15.0 Å². The van der Waals surface area contributed by atoms with Crippen LogP contribution in [0.3, 0.4) is 0 Å². The van der Waals surface area contributed by atoms with E-state index in [4.69, 9.17) is 4.74 Å². The molecule has 1 N–H and O–H groups in total. The molecule has 20 heavy (non-hydrogen) atoms. The molecule has 0 radical (unpaired) electrons. The van der Waals surface area contributed by atoms with E-state index in [0.717, 1.165) is 12.8 Å². The van der Waals surface area contributed by atoms with E-state index in [2.05, 4.69) is 19.2 Å². The molecule has 1 spiro atoms. The summed E-state index contributed by atoms with van der Waals surface area (Å²) < 4.78 is 5.38. The number of hydrogen-bond acceptors (Lipinski definition) is 3. The summed E-state index contributed by atoms with van der Waals surface area (Å²) in [5.74, 6) is 0.584. The number of nitrogens with one attached hydrogen (secondary N) is 1. The van der Waals surface area contributed by atoms with Gasteiger partial charge in [0.25, 0.3) is 0 Å². The van der Waals surface area contributed by atoms with Crippen molar-refractivity contribution < 1.29 is 14.3 Å². The van der Waals surface area contributed by atoms with Crippen molar-refractivity contribution in [1.82, 2.24) is 10.2 Å². The lowest BCUT2D eigenvalue weighted by Gasteiger charge is -2.54. The van der Waals surface area contributed by atoms with Gasteiger partial charge in [-0.15, -0.1) is 0 Å². The van der Waals surface area contributed by atoms with Gasteiger partial charge in [0.1, 0.15) is 5.60 Å². The van der Waals surface area contributed by atoms with Crippen molar-refractivity contribution in [2.24, 2.45) is 11.3 Å². The third-order valence-electron chi connectivity index (χ3n) is 4.31. The highest BCUT2D eigenvalue weighted by Crippen LogP contribution is 2.44. The predicted molar refractivity (Wildman–Crippen MR) is 76.2 cm³/mol. The molecule has 2 rings (SSSR count). The van der Waals surface area contributed by atoms with E-state index in [1.165, 1.54) is 0 Å². The molecule has 2 heterocycles. The Balaban J connectivity index is 1.95. The Hall–Kier alpha value is -1.26. The van der Waals surface area contributed by atoms with Crippen LogP contribution in [0.1, 0.15) is 47.5 Å². The molecule has 2 aliphatic rings. The number of carbonyl (C=O) groups excluding carboxylic acids is 2. The number of rotatable bonds is 1. The average molecular weight is 282 g/mol. The number of nitrogens with zero attached hydrogens (tertiary/aromatic N) is 1. The minimum absolute atomic E-state index is 0.153. The van der Waals surface area contributed by atoms with Crippen LogP contribution < -0.4 is 5.32 Å². The summed E-state index contributed by atoms with van der Waals surface area (Å²) in [7, 11) is 0. The molecule has 0 saturated carbocycles. The first-order valence-electron chi connectivity index (χ1n) is 7.45. The van der Waals surface area contributed by atoms with Gasteiger partial charge >= 0.3 is 6.09 Å². The highest BCUT2D eigenvalue weighted by Gasteiger charge is 2.57. The molecule has 0 aromatic heterocycles. The van der Waals surface area contributed by atoms with Crippen molar-refractivity contribution >= 4 is 12.0 Å². The lowest BCUT2D eigenvalue weighted by Crippen LogP contribution is -2.71. The minimum atomic E-state index is -0.472. The van der Waals surface area contributed by atoms with E-state index >= 15 is 0 Å². The summed E-state index contributed by atoms with van der Waals surface area (Å²) in [6.45, 7) is 11.1. The molecule has 1 unspecified atom stereocenters. The molecular formula is C15H26N2O3. The summed E-state index contributed by atoms with van der Waals surface area (Å²) in [4.78, 5) is 25.7. The molecule has 0 aliphatic carbocycles. The fraction of sp³-hybridized carbons (Fsp3) is 0.867. The second-order valence-electron chi connectivity index (χ2n) is 7.32. The summed E-state index contributed by atoms with van der Waals surface area (Å²) in [5, 5.41) is 3.01. The number of hydrogen-bond donors (Lipinski definition) is 1. The highest BCUT2D eigenvalue weighted by molar-refractivity contribution is 5.90. The fourth-order valence-electron chi connectivity index (χ4n) is 3.24. The zero-order chi connectivity index (χ0) is 15.1. The molecule has 0 bridgehead atoms. The molecule has 0 aromatic rings. The van der Waals surface area contributed by atoms with E-state index in [1.807, 2.05) is 20.8 Å². The maximum Gasteiger partial charge on any atom is 0.410 e. The zero-order valence-corrected chi connectivity index (χ0v) is 13.2. The Bertz CT molecular complexity index is 404. The Morgan fingerprint density at radius 1 is 1.35 bits per heavy atom. The van der Waals surface area contributed by atoms with Crippen LogP contribution in [0.4, 0.5) is 4.79 Å². The summed E-state index contributed by atoms with van der Waals surface area (Å²) >= 11 is 0. The Morgan fingerprint density at radius 3 is 2.30 bits per heavy atom. The van der Waals surface area contributed by atoms with Crippen LogP contribution in [0.15, 0.2) is 0 Å². The van der Waals surface area contributed by atoms with Crippen molar-refractivity contribution in [3.05, 3.63) is 0 Å². The van der Waals surface area contributed by atoms with Crippen molar-refractivity contribution in [2.45, 2.75) is 59.1 Å². The Morgan fingerprint density at radius 2 is 1.90 bits per heavy atom. The van der Waals surface area contributed by atoms with Crippen LogP contribution in [0.2, 0.25) is 0 Å². The van der Waals surface area contributed by atoms with Gasteiger partial charge in [-0.3, -0.25) is 4.79 Å². The van der Waals surface area contributed by atoms with E-state index in [9.17, 15) is 9.59 Å². The molecule has 0 aromatic carbocycles. The first-order chi connectivity index (χ1) is 9.16. The molecule has 2 fully saturated rings. The molecule has 114 valence electrons. The monoisotopic (exact) mass is 282 g/mol. The zero-order valence-electron chi connectivity index (χ0n) is 13.2. The van der Waals surface area contributed by atoms with Crippen LogP contribution in [0, 0.1) is 11.3 Å². The average Bonchev–Trinajstić information content (AvgIpc) is 2.33. The van der Waals surface area contributed by atoms with Gasteiger partial charge in [-0.25, -0.2) is 4.79 Å². The molecule has 2 saturated heterocycles. The first kappa shape index (κ1) is 15.1. The summed E-state index contributed by atoms with van der Waals surface area (Å²) in [5.41, 5.74) is -0.729. The number of β-lactam (4-membered cyclic amide) rings is 1. The van der Waals surface area contributed by atoms with Crippen LogP contribution >= 0.6 is 0 Å². The molecule has 1 atom stereocenters. The molecule has 5 heteroatoms. The SMILES string of the molecule is CC(C)C1NC(=O)C12CCN(C(=O)OC(C)(C)C)CC2. The number of ether oxygens (including phenoxy) is 1. The summed E-state index contributed by atoms with van der Waals surface area (Å²) in [6, 6.07) is 0.246. The number of piperidine rings is 1. The highest BCUT2D eigenvalue weighted by atomic mass is 16.6. The second-order valence-corrected chi connectivity index (χ2v) is 7.32. The van der Waals surface area contributed by atoms with Gasteiger partial charge in [0.05, 0.1) is 5.41 Å². The largest absolute Gasteiger partial charge is 0.444 e. The fourth-order valence-corrected chi connectivity index (χ4v) is 3.24. The van der Waals surface area contributed by atoms with E-state index in [-0.39, 0.29) is 23.5 Å². The van der Waals surface area contributed by atoms with Gasteiger partial charge in [-0.2, -0.15) is 0 Å². The van der Waals surface area contributed by atoms with Crippen molar-refractivity contribution in [3.8, 4) is 0 Å². The van der Waals surface area contributed by atoms with Gasteiger partial charge in [0.15, 0.2) is 0 Å². The van der Waals surface area contributed by atoms with Crippen LogP contribution in [0.25, 0.3) is 0 Å². The third kappa shape index (κ3) is 2.63. The molecule has 2 amide bonds.